The Morgan fingerprint density at radius 2 is 1.17 bits per heavy atom. The summed E-state index contributed by atoms with van der Waals surface area (Å²) in [6.45, 7) is 26.5. The van der Waals surface area contributed by atoms with Crippen LogP contribution in [0.25, 0.3) is 0 Å². The van der Waals surface area contributed by atoms with E-state index in [1.54, 1.807) is 0 Å². The Morgan fingerprint density at radius 3 is 1.44 bits per heavy atom. The van der Waals surface area contributed by atoms with E-state index in [1.165, 1.54) is 13.7 Å². The minimum Gasteiger partial charge on any atom is -0.0666 e. The maximum atomic E-state index is 2.46. The molecule has 0 rings (SSSR count). The third-order valence-corrected chi connectivity index (χ3v) is 5.26. The SMILES string of the molecule is CC(C)C(C)(C)BC(C)(C)C(C)(C)CC(C)(C)C. The van der Waals surface area contributed by atoms with Crippen LogP contribution in [0, 0.1) is 16.7 Å². The van der Waals surface area contributed by atoms with Crippen LogP contribution in [0.2, 0.25) is 10.6 Å². The third-order valence-electron chi connectivity index (χ3n) is 5.26. The summed E-state index contributed by atoms with van der Waals surface area (Å²) in [5.74, 6) is 0.738. The Balaban J connectivity index is 5.02. The standard InChI is InChI=1S/C17H37B/c1-13(2)16(8,9)18-17(10,11)15(6,7)12-14(3,4)5/h13,18H,12H2,1-11H3. The van der Waals surface area contributed by atoms with Gasteiger partial charge in [-0.3, -0.25) is 0 Å². The molecule has 0 aliphatic carbocycles. The van der Waals surface area contributed by atoms with Crippen LogP contribution in [-0.2, 0) is 0 Å². The molecule has 108 valence electrons. The number of rotatable bonds is 5. The molecule has 0 heterocycles. The van der Waals surface area contributed by atoms with Gasteiger partial charge in [-0.05, 0) is 23.2 Å². The highest BCUT2D eigenvalue weighted by Crippen LogP contribution is 2.55. The number of hydrogen-bond donors (Lipinski definition) is 0. The average Bonchev–Trinajstić information content (AvgIpc) is 1.95. The molecule has 0 aromatic heterocycles. The van der Waals surface area contributed by atoms with Crippen LogP contribution in [0.15, 0.2) is 0 Å². The molecular formula is C17H37B. The van der Waals surface area contributed by atoms with Gasteiger partial charge in [0.1, 0.15) is 7.28 Å². The maximum absolute atomic E-state index is 2.46. The van der Waals surface area contributed by atoms with Crippen molar-refractivity contribution in [3.05, 3.63) is 0 Å². The maximum Gasteiger partial charge on any atom is 0.135 e. The van der Waals surface area contributed by atoms with Crippen LogP contribution in [-0.4, -0.2) is 7.28 Å². The topological polar surface area (TPSA) is 0 Å². The third kappa shape index (κ3) is 4.98. The fourth-order valence-electron chi connectivity index (χ4n) is 3.15. The summed E-state index contributed by atoms with van der Waals surface area (Å²) >= 11 is 0. The molecule has 0 aromatic carbocycles. The van der Waals surface area contributed by atoms with Crippen LogP contribution in [0.1, 0.15) is 82.6 Å². The molecule has 0 radical (unpaired) electrons. The Labute approximate surface area is 118 Å². The van der Waals surface area contributed by atoms with Gasteiger partial charge in [-0.25, -0.2) is 0 Å². The molecule has 0 spiro atoms. The molecule has 18 heavy (non-hydrogen) atoms. The minimum atomic E-state index is 0.369. The van der Waals surface area contributed by atoms with E-state index in [0.717, 1.165) is 5.92 Å². The van der Waals surface area contributed by atoms with Gasteiger partial charge in [0.2, 0.25) is 0 Å². The molecule has 0 fully saturated rings. The van der Waals surface area contributed by atoms with Gasteiger partial charge in [0, 0.05) is 0 Å². The van der Waals surface area contributed by atoms with Gasteiger partial charge in [0.05, 0.1) is 0 Å². The van der Waals surface area contributed by atoms with Crippen LogP contribution in [0.4, 0.5) is 0 Å². The van der Waals surface area contributed by atoms with Crippen molar-refractivity contribution in [2.45, 2.75) is 93.2 Å². The Kier molecular flexibility index (Phi) is 5.23. The van der Waals surface area contributed by atoms with Gasteiger partial charge in [-0.15, -0.1) is 0 Å². The largest absolute Gasteiger partial charge is 0.135 e. The predicted octanol–water partition coefficient (Wildman–Crippen LogP) is 5.94. The molecule has 0 atom stereocenters. The first-order chi connectivity index (χ1) is 7.61. The summed E-state index contributed by atoms with van der Waals surface area (Å²) in [5, 5.41) is 0.784. The highest BCUT2D eigenvalue weighted by atomic mass is 14.4. The summed E-state index contributed by atoms with van der Waals surface area (Å²) in [6.07, 6.45) is 1.28. The molecule has 0 amide bonds. The van der Waals surface area contributed by atoms with E-state index in [-0.39, 0.29) is 0 Å². The van der Waals surface area contributed by atoms with Gasteiger partial charge in [0.25, 0.3) is 0 Å². The summed E-state index contributed by atoms with van der Waals surface area (Å²) in [6, 6.07) is 0. The predicted molar refractivity (Wildman–Crippen MR) is 87.9 cm³/mol. The summed E-state index contributed by atoms with van der Waals surface area (Å²) < 4.78 is 0. The van der Waals surface area contributed by atoms with Crippen LogP contribution >= 0.6 is 0 Å². The zero-order valence-corrected chi connectivity index (χ0v) is 15.0. The molecule has 1 heteroatoms. The van der Waals surface area contributed by atoms with Crippen LogP contribution < -0.4 is 0 Å². The second-order valence-electron chi connectivity index (χ2n) is 9.83. The highest BCUT2D eigenvalue weighted by molar-refractivity contribution is 6.44. The van der Waals surface area contributed by atoms with Crippen molar-refractivity contribution < 1.29 is 0 Å². The monoisotopic (exact) mass is 252 g/mol. The molecular weight excluding hydrogens is 215 g/mol. The molecule has 0 bridgehead atoms. The summed E-state index contributed by atoms with van der Waals surface area (Å²) in [4.78, 5) is 0. The second-order valence-corrected chi connectivity index (χ2v) is 9.83. The second kappa shape index (κ2) is 5.21. The first-order valence-electron chi connectivity index (χ1n) is 7.61. The van der Waals surface area contributed by atoms with E-state index >= 15 is 0 Å². The molecule has 0 aliphatic rings. The molecule has 0 N–H and O–H groups in total. The van der Waals surface area contributed by atoms with Gasteiger partial charge in [-0.1, -0.05) is 86.8 Å². The smallest absolute Gasteiger partial charge is 0.0666 e. The van der Waals surface area contributed by atoms with Crippen molar-refractivity contribution in [2.24, 2.45) is 16.7 Å². The lowest BCUT2D eigenvalue weighted by Crippen LogP contribution is -2.39. The van der Waals surface area contributed by atoms with E-state index in [1.807, 2.05) is 0 Å². The van der Waals surface area contributed by atoms with Crippen LogP contribution in [0.5, 0.6) is 0 Å². The Hall–Kier alpha value is 0.0649. The first kappa shape index (κ1) is 18.1. The lowest BCUT2D eigenvalue weighted by Gasteiger charge is -2.49. The number of hydrogen-bond acceptors (Lipinski definition) is 0. The lowest BCUT2D eigenvalue weighted by atomic mass is 9.32. The molecule has 0 nitrogen and oxygen atoms in total. The molecule has 0 unspecified atom stereocenters. The summed E-state index contributed by atoms with van der Waals surface area (Å²) in [7, 11) is 1.29. The van der Waals surface area contributed by atoms with Gasteiger partial charge in [-0.2, -0.15) is 0 Å². The van der Waals surface area contributed by atoms with E-state index in [2.05, 4.69) is 76.2 Å². The van der Waals surface area contributed by atoms with Crippen molar-refractivity contribution in [1.82, 2.24) is 0 Å². The van der Waals surface area contributed by atoms with Crippen molar-refractivity contribution in [2.75, 3.05) is 0 Å². The zero-order valence-electron chi connectivity index (χ0n) is 15.0. The van der Waals surface area contributed by atoms with Crippen molar-refractivity contribution in [3.63, 3.8) is 0 Å². The van der Waals surface area contributed by atoms with Gasteiger partial charge >= 0.3 is 0 Å². The zero-order chi connectivity index (χ0) is 15.0. The Morgan fingerprint density at radius 1 is 0.778 bits per heavy atom. The van der Waals surface area contributed by atoms with E-state index in [0.29, 0.717) is 21.5 Å². The van der Waals surface area contributed by atoms with E-state index < -0.39 is 0 Å². The fraction of sp³-hybridized carbons (Fsp3) is 1.00. The van der Waals surface area contributed by atoms with Crippen molar-refractivity contribution in [1.29, 1.82) is 0 Å². The quantitative estimate of drug-likeness (QED) is 0.531. The van der Waals surface area contributed by atoms with Gasteiger partial charge in [0.15, 0.2) is 0 Å². The minimum absolute atomic E-state index is 0.369. The Bertz CT molecular complexity index is 264. The van der Waals surface area contributed by atoms with Crippen LogP contribution in [0.3, 0.4) is 0 Å². The molecule has 0 aliphatic heterocycles. The average molecular weight is 252 g/mol. The van der Waals surface area contributed by atoms with Crippen molar-refractivity contribution >= 4 is 7.28 Å². The summed E-state index contributed by atoms with van der Waals surface area (Å²) in [5.41, 5.74) is 0.778. The first-order valence-corrected chi connectivity index (χ1v) is 7.61. The van der Waals surface area contributed by atoms with E-state index in [9.17, 15) is 0 Å². The lowest BCUT2D eigenvalue weighted by molar-refractivity contribution is 0.158. The molecule has 0 aromatic rings. The fourth-order valence-corrected chi connectivity index (χ4v) is 3.15. The van der Waals surface area contributed by atoms with E-state index in [4.69, 9.17) is 0 Å². The highest BCUT2D eigenvalue weighted by Gasteiger charge is 2.44. The molecule has 0 saturated carbocycles. The normalized spacial score (nSPS) is 15.1. The van der Waals surface area contributed by atoms with Crippen molar-refractivity contribution in [3.8, 4) is 0 Å². The van der Waals surface area contributed by atoms with Gasteiger partial charge < -0.3 is 0 Å². The molecule has 0 saturated heterocycles.